The number of anilines is 1. The van der Waals surface area contributed by atoms with Gasteiger partial charge in [-0.25, -0.2) is 0 Å². The summed E-state index contributed by atoms with van der Waals surface area (Å²) in [5.41, 5.74) is 1.69. The lowest BCUT2D eigenvalue weighted by atomic mass is 10.2. The average Bonchev–Trinajstić information content (AvgIpc) is 3.32. The first kappa shape index (κ1) is 18.3. The van der Waals surface area contributed by atoms with Crippen LogP contribution in [-0.4, -0.2) is 51.0 Å². The summed E-state index contributed by atoms with van der Waals surface area (Å²) < 4.78 is 5.26. The van der Waals surface area contributed by atoms with Gasteiger partial charge < -0.3 is 20.3 Å². The molecular weight excluding hydrogens is 306 g/mol. The summed E-state index contributed by atoms with van der Waals surface area (Å²) >= 11 is 0. The molecule has 0 aromatic heterocycles. The van der Waals surface area contributed by atoms with Crippen molar-refractivity contribution < 1.29 is 14.3 Å². The minimum absolute atomic E-state index is 0.0230. The molecule has 1 aromatic rings. The predicted octanol–water partition coefficient (Wildman–Crippen LogP) is 1.65. The van der Waals surface area contributed by atoms with E-state index in [1.807, 2.05) is 39.2 Å². The smallest absolute Gasteiger partial charge is 0.228 e. The van der Waals surface area contributed by atoms with E-state index in [4.69, 9.17) is 4.74 Å². The molecule has 0 bridgehead atoms. The number of carbonyl (C=O) groups excluding carboxylic acids is 2. The second-order valence-corrected chi connectivity index (χ2v) is 6.59. The van der Waals surface area contributed by atoms with Gasteiger partial charge in [0.1, 0.15) is 5.75 Å². The van der Waals surface area contributed by atoms with E-state index in [2.05, 4.69) is 15.5 Å². The van der Waals surface area contributed by atoms with Crippen LogP contribution in [0.5, 0.6) is 5.75 Å². The van der Waals surface area contributed by atoms with Crippen molar-refractivity contribution in [2.75, 3.05) is 39.6 Å². The third-order valence-corrected chi connectivity index (χ3v) is 4.16. The lowest BCUT2D eigenvalue weighted by Gasteiger charge is -2.11. The Morgan fingerprint density at radius 3 is 2.62 bits per heavy atom. The van der Waals surface area contributed by atoms with Crippen molar-refractivity contribution in [3.63, 3.8) is 0 Å². The van der Waals surface area contributed by atoms with Gasteiger partial charge in [0.2, 0.25) is 11.8 Å². The van der Waals surface area contributed by atoms with Gasteiger partial charge in [0.05, 0.1) is 24.6 Å². The molecule has 24 heavy (non-hydrogen) atoms. The number of nitrogens with one attached hydrogen (secondary N) is 2. The SMILES string of the molecule is COc1ccc(C)cc1NC(=O)C1CC1C(=O)NCCCN(C)C. The minimum atomic E-state index is -0.246. The van der Waals surface area contributed by atoms with Crippen LogP contribution in [0, 0.1) is 18.8 Å². The molecule has 0 heterocycles. The molecule has 6 heteroatoms. The van der Waals surface area contributed by atoms with Gasteiger partial charge in [-0.2, -0.15) is 0 Å². The summed E-state index contributed by atoms with van der Waals surface area (Å²) in [6.07, 6.45) is 1.52. The molecule has 2 rings (SSSR count). The zero-order valence-electron chi connectivity index (χ0n) is 14.9. The van der Waals surface area contributed by atoms with Crippen LogP contribution in [0.15, 0.2) is 18.2 Å². The zero-order chi connectivity index (χ0) is 17.7. The topological polar surface area (TPSA) is 70.7 Å². The molecule has 0 radical (unpaired) electrons. The first-order valence-corrected chi connectivity index (χ1v) is 8.30. The van der Waals surface area contributed by atoms with E-state index < -0.39 is 0 Å². The highest BCUT2D eigenvalue weighted by Crippen LogP contribution is 2.40. The van der Waals surface area contributed by atoms with Crippen molar-refractivity contribution in [3.05, 3.63) is 23.8 Å². The van der Waals surface area contributed by atoms with E-state index in [1.54, 1.807) is 7.11 Å². The fourth-order valence-corrected chi connectivity index (χ4v) is 2.66. The lowest BCUT2D eigenvalue weighted by molar-refractivity contribution is -0.125. The Kier molecular flexibility index (Phi) is 6.20. The number of rotatable bonds is 8. The molecule has 1 saturated carbocycles. The quantitative estimate of drug-likeness (QED) is 0.710. The van der Waals surface area contributed by atoms with Crippen LogP contribution in [0.25, 0.3) is 0 Å². The van der Waals surface area contributed by atoms with E-state index in [9.17, 15) is 9.59 Å². The van der Waals surface area contributed by atoms with Crippen LogP contribution >= 0.6 is 0 Å². The third-order valence-electron chi connectivity index (χ3n) is 4.16. The van der Waals surface area contributed by atoms with Gasteiger partial charge in [-0.05, 0) is 58.1 Å². The fraction of sp³-hybridized carbons (Fsp3) is 0.556. The van der Waals surface area contributed by atoms with Crippen LogP contribution in [0.1, 0.15) is 18.4 Å². The maximum Gasteiger partial charge on any atom is 0.228 e. The summed E-state index contributed by atoms with van der Waals surface area (Å²) in [4.78, 5) is 26.5. The molecule has 1 fully saturated rings. The van der Waals surface area contributed by atoms with Gasteiger partial charge in [0.25, 0.3) is 0 Å². The maximum atomic E-state index is 12.3. The van der Waals surface area contributed by atoms with Crippen molar-refractivity contribution in [3.8, 4) is 5.75 Å². The predicted molar refractivity (Wildman–Crippen MR) is 94.1 cm³/mol. The number of carbonyl (C=O) groups is 2. The Bertz CT molecular complexity index is 601. The number of nitrogens with zero attached hydrogens (tertiary/aromatic N) is 1. The van der Waals surface area contributed by atoms with E-state index in [0.29, 0.717) is 24.4 Å². The summed E-state index contributed by atoms with van der Waals surface area (Å²) in [6, 6.07) is 5.62. The maximum absolute atomic E-state index is 12.3. The molecule has 0 spiro atoms. The summed E-state index contributed by atoms with van der Waals surface area (Å²) in [6.45, 7) is 3.53. The number of amides is 2. The molecule has 0 saturated heterocycles. The lowest BCUT2D eigenvalue weighted by Crippen LogP contribution is -2.30. The molecule has 2 N–H and O–H groups in total. The highest BCUT2D eigenvalue weighted by Gasteiger charge is 2.48. The van der Waals surface area contributed by atoms with Gasteiger partial charge in [-0.3, -0.25) is 9.59 Å². The molecular formula is C18H27N3O3. The summed E-state index contributed by atoms with van der Waals surface area (Å²) in [5, 5.41) is 5.79. The standard InChI is InChI=1S/C18H27N3O3/c1-12-6-7-16(24-4)15(10-12)20-18(23)14-11-13(14)17(22)19-8-5-9-21(2)3/h6-7,10,13-14H,5,8-9,11H2,1-4H3,(H,19,22)(H,20,23). The Morgan fingerprint density at radius 1 is 1.25 bits per heavy atom. The fourth-order valence-electron chi connectivity index (χ4n) is 2.66. The first-order valence-electron chi connectivity index (χ1n) is 8.30. The molecule has 2 atom stereocenters. The molecule has 1 aliphatic carbocycles. The van der Waals surface area contributed by atoms with E-state index in [1.165, 1.54) is 0 Å². The van der Waals surface area contributed by atoms with Crippen molar-refractivity contribution in [1.29, 1.82) is 0 Å². The van der Waals surface area contributed by atoms with Crippen LogP contribution in [0.4, 0.5) is 5.69 Å². The molecule has 2 unspecified atom stereocenters. The van der Waals surface area contributed by atoms with Gasteiger partial charge >= 0.3 is 0 Å². The van der Waals surface area contributed by atoms with Crippen molar-refractivity contribution >= 4 is 17.5 Å². The minimum Gasteiger partial charge on any atom is -0.495 e. The number of aryl methyl sites for hydroxylation is 1. The van der Waals surface area contributed by atoms with E-state index in [-0.39, 0.29) is 23.7 Å². The highest BCUT2D eigenvalue weighted by molar-refractivity contribution is 6.00. The third kappa shape index (κ3) is 4.96. The van der Waals surface area contributed by atoms with Crippen molar-refractivity contribution in [2.24, 2.45) is 11.8 Å². The van der Waals surface area contributed by atoms with Crippen LogP contribution < -0.4 is 15.4 Å². The molecule has 6 nitrogen and oxygen atoms in total. The number of hydrogen-bond donors (Lipinski definition) is 2. The summed E-state index contributed by atoms with van der Waals surface area (Å²) in [5.74, 6) is 0.0287. The Balaban J connectivity index is 1.81. The summed E-state index contributed by atoms with van der Waals surface area (Å²) in [7, 11) is 5.58. The molecule has 1 aromatic carbocycles. The molecule has 1 aliphatic rings. The van der Waals surface area contributed by atoms with Crippen molar-refractivity contribution in [2.45, 2.75) is 19.8 Å². The van der Waals surface area contributed by atoms with Crippen LogP contribution in [0.3, 0.4) is 0 Å². The van der Waals surface area contributed by atoms with E-state index in [0.717, 1.165) is 18.5 Å². The second-order valence-electron chi connectivity index (χ2n) is 6.59. The number of benzene rings is 1. The molecule has 2 amide bonds. The Labute approximate surface area is 143 Å². The van der Waals surface area contributed by atoms with Gasteiger partial charge in [-0.15, -0.1) is 0 Å². The van der Waals surface area contributed by atoms with Crippen LogP contribution in [0.2, 0.25) is 0 Å². The number of hydrogen-bond acceptors (Lipinski definition) is 4. The zero-order valence-corrected chi connectivity index (χ0v) is 14.9. The van der Waals surface area contributed by atoms with Crippen LogP contribution in [-0.2, 0) is 9.59 Å². The first-order chi connectivity index (χ1) is 11.4. The van der Waals surface area contributed by atoms with Crippen molar-refractivity contribution in [1.82, 2.24) is 10.2 Å². The number of ether oxygens (including phenoxy) is 1. The Morgan fingerprint density at radius 2 is 1.96 bits per heavy atom. The molecule has 0 aliphatic heterocycles. The largest absolute Gasteiger partial charge is 0.495 e. The monoisotopic (exact) mass is 333 g/mol. The second kappa shape index (κ2) is 8.15. The average molecular weight is 333 g/mol. The van der Waals surface area contributed by atoms with Gasteiger partial charge in [0, 0.05) is 6.54 Å². The normalized spacial score (nSPS) is 19.0. The van der Waals surface area contributed by atoms with Gasteiger partial charge in [-0.1, -0.05) is 6.07 Å². The van der Waals surface area contributed by atoms with E-state index >= 15 is 0 Å². The number of methoxy groups -OCH3 is 1. The highest BCUT2D eigenvalue weighted by atomic mass is 16.5. The molecule has 132 valence electrons. The van der Waals surface area contributed by atoms with Gasteiger partial charge in [0.15, 0.2) is 0 Å². The Hall–Kier alpha value is -2.08.